The van der Waals surface area contributed by atoms with Crippen molar-refractivity contribution in [1.29, 1.82) is 0 Å². The molecule has 0 spiro atoms. The predicted molar refractivity (Wildman–Crippen MR) is 68.5 cm³/mol. The van der Waals surface area contributed by atoms with Crippen molar-refractivity contribution in [3.8, 4) is 0 Å². The van der Waals surface area contributed by atoms with Gasteiger partial charge >= 0.3 is 0 Å². The van der Waals surface area contributed by atoms with Crippen LogP contribution >= 0.6 is 15.9 Å². The Balaban J connectivity index is 2.30. The van der Waals surface area contributed by atoms with E-state index in [-0.39, 0.29) is 6.04 Å². The molecule has 0 fully saturated rings. The lowest BCUT2D eigenvalue weighted by atomic mass is 10.1. The zero-order chi connectivity index (χ0) is 12.3. The van der Waals surface area contributed by atoms with E-state index >= 15 is 0 Å². The SMILES string of the molecule is CNCc1nnnn1C(C)c1cccc(Br)c1. The first-order chi connectivity index (χ1) is 8.22. The van der Waals surface area contributed by atoms with Crippen LogP contribution in [0.15, 0.2) is 28.7 Å². The molecule has 1 aromatic heterocycles. The summed E-state index contributed by atoms with van der Waals surface area (Å²) in [6.45, 7) is 2.74. The fraction of sp³-hybridized carbons (Fsp3) is 0.364. The molecule has 0 amide bonds. The number of aromatic nitrogens is 4. The van der Waals surface area contributed by atoms with Gasteiger partial charge in [0.1, 0.15) is 0 Å². The highest BCUT2D eigenvalue weighted by molar-refractivity contribution is 9.10. The average molecular weight is 296 g/mol. The fourth-order valence-electron chi connectivity index (χ4n) is 1.70. The fourth-order valence-corrected chi connectivity index (χ4v) is 2.11. The maximum atomic E-state index is 4.04. The Bertz CT molecular complexity index is 496. The molecule has 90 valence electrons. The number of hydrogen-bond donors (Lipinski definition) is 1. The highest BCUT2D eigenvalue weighted by Gasteiger charge is 2.14. The van der Waals surface area contributed by atoms with E-state index in [1.165, 1.54) is 5.56 Å². The number of nitrogens with zero attached hydrogens (tertiary/aromatic N) is 4. The van der Waals surface area contributed by atoms with Crippen molar-refractivity contribution in [3.05, 3.63) is 40.1 Å². The second kappa shape index (κ2) is 5.37. The van der Waals surface area contributed by atoms with Crippen molar-refractivity contribution >= 4 is 15.9 Å². The van der Waals surface area contributed by atoms with E-state index in [2.05, 4.69) is 55.8 Å². The van der Waals surface area contributed by atoms with Gasteiger partial charge < -0.3 is 5.32 Å². The molecule has 1 aromatic carbocycles. The van der Waals surface area contributed by atoms with Crippen molar-refractivity contribution in [2.45, 2.75) is 19.5 Å². The van der Waals surface area contributed by atoms with Gasteiger partial charge in [0.05, 0.1) is 12.6 Å². The van der Waals surface area contributed by atoms with Crippen molar-refractivity contribution < 1.29 is 0 Å². The smallest absolute Gasteiger partial charge is 0.165 e. The average Bonchev–Trinajstić information content (AvgIpc) is 2.77. The van der Waals surface area contributed by atoms with Crippen LogP contribution in [0.5, 0.6) is 0 Å². The van der Waals surface area contributed by atoms with E-state index in [0.717, 1.165) is 10.3 Å². The lowest BCUT2D eigenvalue weighted by Gasteiger charge is -2.14. The summed E-state index contributed by atoms with van der Waals surface area (Å²) in [5, 5.41) is 14.8. The molecule has 0 saturated carbocycles. The Hall–Kier alpha value is -1.27. The molecule has 1 atom stereocenters. The van der Waals surface area contributed by atoms with Crippen LogP contribution in [0.25, 0.3) is 0 Å². The molecule has 0 bridgehead atoms. The van der Waals surface area contributed by atoms with Crippen LogP contribution in [0.3, 0.4) is 0 Å². The summed E-state index contributed by atoms with van der Waals surface area (Å²) < 4.78 is 2.89. The standard InChI is InChI=1S/C11H14BrN5/c1-8(9-4-3-5-10(12)6-9)17-11(7-13-2)14-15-16-17/h3-6,8,13H,7H2,1-2H3. The number of nitrogens with one attached hydrogen (secondary N) is 1. The second-order valence-corrected chi connectivity index (χ2v) is 4.72. The number of rotatable bonds is 4. The number of tetrazole rings is 1. The first-order valence-electron chi connectivity index (χ1n) is 5.39. The van der Waals surface area contributed by atoms with E-state index in [0.29, 0.717) is 6.54 Å². The van der Waals surface area contributed by atoms with Gasteiger partial charge in [0.25, 0.3) is 0 Å². The van der Waals surface area contributed by atoms with Gasteiger partial charge in [0.15, 0.2) is 5.82 Å². The van der Waals surface area contributed by atoms with E-state index in [9.17, 15) is 0 Å². The Morgan fingerprint density at radius 1 is 1.47 bits per heavy atom. The summed E-state index contributed by atoms with van der Waals surface area (Å²) in [6, 6.07) is 8.28. The lowest BCUT2D eigenvalue weighted by molar-refractivity contribution is 0.512. The predicted octanol–water partition coefficient (Wildman–Crippen LogP) is 1.76. The van der Waals surface area contributed by atoms with Crippen LogP contribution in [-0.2, 0) is 6.54 Å². The quantitative estimate of drug-likeness (QED) is 0.934. The maximum absolute atomic E-state index is 4.04. The van der Waals surface area contributed by atoms with Crippen LogP contribution in [0, 0.1) is 0 Å². The van der Waals surface area contributed by atoms with Crippen molar-refractivity contribution in [2.24, 2.45) is 0 Å². The molecule has 0 aliphatic heterocycles. The molecule has 0 aliphatic rings. The van der Waals surface area contributed by atoms with Gasteiger partial charge in [-0.2, -0.15) is 0 Å². The van der Waals surface area contributed by atoms with Crippen molar-refractivity contribution in [3.63, 3.8) is 0 Å². The molecular weight excluding hydrogens is 282 g/mol. The normalized spacial score (nSPS) is 12.6. The third-order valence-electron chi connectivity index (χ3n) is 2.59. The molecule has 1 unspecified atom stereocenters. The Morgan fingerprint density at radius 2 is 2.29 bits per heavy atom. The second-order valence-electron chi connectivity index (χ2n) is 3.80. The molecule has 6 heteroatoms. The number of halogens is 1. The number of hydrogen-bond acceptors (Lipinski definition) is 4. The first-order valence-corrected chi connectivity index (χ1v) is 6.18. The molecule has 0 saturated heterocycles. The van der Waals surface area contributed by atoms with E-state index in [4.69, 9.17) is 0 Å². The summed E-state index contributed by atoms with van der Waals surface area (Å²) in [6.07, 6.45) is 0. The summed E-state index contributed by atoms with van der Waals surface area (Å²) in [5.41, 5.74) is 1.17. The largest absolute Gasteiger partial charge is 0.313 e. The van der Waals surface area contributed by atoms with Crippen LogP contribution in [0.2, 0.25) is 0 Å². The minimum atomic E-state index is 0.117. The minimum absolute atomic E-state index is 0.117. The Labute approximate surface area is 108 Å². The van der Waals surface area contributed by atoms with Crippen molar-refractivity contribution in [2.75, 3.05) is 7.05 Å². The molecule has 2 aromatic rings. The Morgan fingerprint density at radius 3 is 3.00 bits per heavy atom. The van der Waals surface area contributed by atoms with Crippen LogP contribution in [0.1, 0.15) is 24.4 Å². The molecule has 1 N–H and O–H groups in total. The molecule has 0 aliphatic carbocycles. The minimum Gasteiger partial charge on any atom is -0.313 e. The Kier molecular flexibility index (Phi) is 3.86. The van der Waals surface area contributed by atoms with E-state index in [1.54, 1.807) is 0 Å². The van der Waals surface area contributed by atoms with Gasteiger partial charge in [0.2, 0.25) is 0 Å². The highest BCUT2D eigenvalue weighted by Crippen LogP contribution is 2.21. The summed E-state index contributed by atoms with van der Waals surface area (Å²) >= 11 is 3.47. The summed E-state index contributed by atoms with van der Waals surface area (Å²) in [4.78, 5) is 0. The molecule has 1 heterocycles. The molecule has 2 rings (SSSR count). The highest BCUT2D eigenvalue weighted by atomic mass is 79.9. The van der Waals surface area contributed by atoms with Gasteiger partial charge in [-0.05, 0) is 42.1 Å². The summed E-state index contributed by atoms with van der Waals surface area (Å²) in [5.74, 6) is 0.833. The van der Waals surface area contributed by atoms with Gasteiger partial charge in [-0.3, -0.25) is 0 Å². The van der Waals surface area contributed by atoms with Crippen LogP contribution in [0.4, 0.5) is 0 Å². The van der Waals surface area contributed by atoms with Gasteiger partial charge in [-0.15, -0.1) is 5.10 Å². The van der Waals surface area contributed by atoms with E-state index in [1.807, 2.05) is 23.9 Å². The van der Waals surface area contributed by atoms with Gasteiger partial charge in [-0.1, -0.05) is 28.1 Å². The van der Waals surface area contributed by atoms with Gasteiger partial charge in [0, 0.05) is 4.47 Å². The maximum Gasteiger partial charge on any atom is 0.165 e. The first kappa shape index (κ1) is 12.2. The number of benzene rings is 1. The zero-order valence-corrected chi connectivity index (χ0v) is 11.3. The zero-order valence-electron chi connectivity index (χ0n) is 9.76. The molecule has 5 nitrogen and oxygen atoms in total. The lowest BCUT2D eigenvalue weighted by Crippen LogP contribution is -2.17. The topological polar surface area (TPSA) is 55.6 Å². The third kappa shape index (κ3) is 2.70. The van der Waals surface area contributed by atoms with Crippen LogP contribution in [-0.4, -0.2) is 27.3 Å². The molecular formula is C11H14BrN5. The van der Waals surface area contributed by atoms with Gasteiger partial charge in [-0.25, -0.2) is 4.68 Å². The van der Waals surface area contributed by atoms with Crippen molar-refractivity contribution in [1.82, 2.24) is 25.5 Å². The van der Waals surface area contributed by atoms with E-state index < -0.39 is 0 Å². The molecule has 17 heavy (non-hydrogen) atoms. The van der Waals surface area contributed by atoms with Crippen LogP contribution < -0.4 is 5.32 Å². The third-order valence-corrected chi connectivity index (χ3v) is 3.09. The monoisotopic (exact) mass is 295 g/mol. The summed E-state index contributed by atoms with van der Waals surface area (Å²) in [7, 11) is 1.88. The molecule has 0 radical (unpaired) electrons.